The van der Waals surface area contributed by atoms with E-state index < -0.39 is 104 Å². The van der Waals surface area contributed by atoms with E-state index in [0.717, 1.165) is 34.6 Å². The Morgan fingerprint density at radius 2 is 1.20 bits per heavy atom. The van der Waals surface area contributed by atoms with Crippen LogP contribution < -0.4 is 0 Å². The molecule has 0 unspecified atom stereocenters. The van der Waals surface area contributed by atoms with E-state index in [0.29, 0.717) is 0 Å². The van der Waals surface area contributed by atoms with Gasteiger partial charge in [-0.15, -0.1) is 0 Å². The smallest absolute Gasteiger partial charge is 0.305 e. The molecule has 10 atom stereocenters. The number of aliphatic hydroxyl groups excluding tert-OH is 2. The van der Waals surface area contributed by atoms with E-state index in [9.17, 15) is 39.0 Å². The fourth-order valence-corrected chi connectivity index (χ4v) is 4.12. The molecule has 0 spiro atoms. The summed E-state index contributed by atoms with van der Waals surface area (Å²) in [5, 5.41) is 20.3. The van der Waals surface area contributed by atoms with E-state index in [1.807, 2.05) is 0 Å². The average molecular weight is 580 g/mol. The molecule has 2 heterocycles. The van der Waals surface area contributed by atoms with Gasteiger partial charge in [0.25, 0.3) is 6.47 Å². The lowest BCUT2D eigenvalue weighted by atomic mass is 9.96. The molecule has 2 aliphatic heterocycles. The summed E-state index contributed by atoms with van der Waals surface area (Å²) in [6.07, 6.45) is -16.1. The zero-order valence-electron chi connectivity index (χ0n) is 22.3. The highest BCUT2D eigenvalue weighted by Gasteiger charge is 2.56. The maximum atomic E-state index is 12.0. The van der Waals surface area contributed by atoms with Gasteiger partial charge in [0.15, 0.2) is 36.8 Å². The fourth-order valence-electron chi connectivity index (χ4n) is 4.12. The molecule has 0 radical (unpaired) electrons. The third kappa shape index (κ3) is 8.82. The summed E-state index contributed by atoms with van der Waals surface area (Å²) < 4.78 is 48.0. The van der Waals surface area contributed by atoms with E-state index in [2.05, 4.69) is 0 Å². The standard InChI is InChI=1S/C23H32O17/c1-9(26)32-7-15-17(34-10(2)27)19(33-8-25)21(36-12(4)29)23(39-15)40-20-18(35-11(3)28)16(31)14(6-24)38-22(20)37-13(5)30/h8,14-24,31H,6-7H2,1-5H3/t14-,15+,16+,17+,18-,19+,20-,21-,22-,23+/m0/s1. The van der Waals surface area contributed by atoms with Crippen molar-refractivity contribution in [1.29, 1.82) is 0 Å². The Morgan fingerprint density at radius 3 is 1.70 bits per heavy atom. The van der Waals surface area contributed by atoms with Crippen LogP contribution in [0, 0.1) is 0 Å². The zero-order chi connectivity index (χ0) is 30.1. The molecule has 2 rings (SSSR count). The van der Waals surface area contributed by atoms with Crippen LogP contribution in [-0.2, 0) is 71.4 Å². The van der Waals surface area contributed by atoms with Gasteiger partial charge in [0.1, 0.15) is 24.9 Å². The number of carbonyl (C=O) groups is 6. The maximum Gasteiger partial charge on any atom is 0.305 e. The summed E-state index contributed by atoms with van der Waals surface area (Å²) in [6.45, 7) is 3.81. The number of carbonyl (C=O) groups excluding carboxylic acids is 6. The molecule has 2 aliphatic rings. The minimum atomic E-state index is -1.79. The second kappa shape index (κ2) is 14.8. The van der Waals surface area contributed by atoms with Crippen LogP contribution in [0.15, 0.2) is 0 Å². The lowest BCUT2D eigenvalue weighted by Crippen LogP contribution is -2.66. The summed E-state index contributed by atoms with van der Waals surface area (Å²) >= 11 is 0. The molecule has 0 aromatic heterocycles. The molecule has 0 amide bonds. The van der Waals surface area contributed by atoms with E-state index in [4.69, 9.17) is 42.6 Å². The quantitative estimate of drug-likeness (QED) is 0.148. The monoisotopic (exact) mass is 580 g/mol. The van der Waals surface area contributed by atoms with Crippen molar-refractivity contribution in [2.45, 2.75) is 96.0 Å². The first-order chi connectivity index (χ1) is 18.8. The Kier molecular flexibility index (Phi) is 12.2. The van der Waals surface area contributed by atoms with Crippen LogP contribution in [0.1, 0.15) is 34.6 Å². The molecular formula is C23H32O17. The van der Waals surface area contributed by atoms with Gasteiger partial charge >= 0.3 is 29.8 Å². The van der Waals surface area contributed by atoms with Crippen LogP contribution in [0.2, 0.25) is 0 Å². The minimum absolute atomic E-state index is 0.0222. The first-order valence-corrected chi connectivity index (χ1v) is 12.0. The fraction of sp³-hybridized carbons (Fsp3) is 0.739. The van der Waals surface area contributed by atoms with E-state index in [-0.39, 0.29) is 6.47 Å². The SMILES string of the molecule is CC(=O)OC[C@H]1O[C@H](O[C@@H]2[C@@H](OC(C)=O)O[C@@H](CO)[C@@H](O)[C@@H]2OC(C)=O)[C@@H](OC(C)=O)[C@H](OC=O)[C@@H]1OC(C)=O. The highest BCUT2D eigenvalue weighted by molar-refractivity contribution is 5.68. The molecule has 226 valence electrons. The van der Waals surface area contributed by atoms with Gasteiger partial charge in [0.05, 0.1) is 6.61 Å². The van der Waals surface area contributed by atoms with Crippen LogP contribution in [0.5, 0.6) is 0 Å². The van der Waals surface area contributed by atoms with Crippen molar-refractivity contribution in [3.8, 4) is 0 Å². The Morgan fingerprint density at radius 1 is 0.675 bits per heavy atom. The molecule has 0 saturated carbocycles. The van der Waals surface area contributed by atoms with Crippen molar-refractivity contribution in [3.05, 3.63) is 0 Å². The van der Waals surface area contributed by atoms with E-state index >= 15 is 0 Å². The Bertz CT molecular complexity index is 936. The van der Waals surface area contributed by atoms with E-state index in [1.54, 1.807) is 0 Å². The van der Waals surface area contributed by atoms with Gasteiger partial charge in [-0.25, -0.2) is 0 Å². The van der Waals surface area contributed by atoms with Crippen LogP contribution in [0.25, 0.3) is 0 Å². The second-order valence-electron chi connectivity index (χ2n) is 8.69. The lowest BCUT2D eigenvalue weighted by molar-refractivity contribution is -0.363. The highest BCUT2D eigenvalue weighted by atomic mass is 16.8. The molecule has 40 heavy (non-hydrogen) atoms. The van der Waals surface area contributed by atoms with Gasteiger partial charge in [0, 0.05) is 34.6 Å². The van der Waals surface area contributed by atoms with Crippen molar-refractivity contribution in [2.75, 3.05) is 13.2 Å². The van der Waals surface area contributed by atoms with Gasteiger partial charge in [-0.05, 0) is 0 Å². The average Bonchev–Trinajstić information content (AvgIpc) is 2.84. The van der Waals surface area contributed by atoms with Crippen molar-refractivity contribution in [1.82, 2.24) is 0 Å². The number of rotatable bonds is 11. The molecule has 2 saturated heterocycles. The molecule has 0 aromatic rings. The third-order valence-electron chi connectivity index (χ3n) is 5.53. The predicted octanol–water partition coefficient (Wildman–Crippen LogP) is -2.36. The predicted molar refractivity (Wildman–Crippen MR) is 121 cm³/mol. The Labute approximate surface area is 227 Å². The minimum Gasteiger partial charge on any atom is -0.463 e. The first kappa shape index (κ1) is 32.8. The Balaban J connectivity index is 2.57. The number of hydrogen-bond acceptors (Lipinski definition) is 17. The Hall–Kier alpha value is -3.38. The van der Waals surface area contributed by atoms with Crippen molar-refractivity contribution >= 4 is 36.3 Å². The van der Waals surface area contributed by atoms with Crippen LogP contribution in [-0.4, -0.2) is 121 Å². The van der Waals surface area contributed by atoms with Gasteiger partial charge in [-0.3, -0.25) is 28.8 Å². The van der Waals surface area contributed by atoms with Crippen molar-refractivity contribution in [2.24, 2.45) is 0 Å². The maximum absolute atomic E-state index is 12.0. The second-order valence-corrected chi connectivity index (χ2v) is 8.69. The molecule has 2 N–H and O–H groups in total. The lowest BCUT2D eigenvalue weighted by Gasteiger charge is -2.47. The highest BCUT2D eigenvalue weighted by Crippen LogP contribution is 2.34. The number of esters is 5. The number of aliphatic hydroxyl groups is 2. The number of hydrogen-bond donors (Lipinski definition) is 2. The van der Waals surface area contributed by atoms with E-state index in [1.165, 1.54) is 0 Å². The molecule has 17 nitrogen and oxygen atoms in total. The summed E-state index contributed by atoms with van der Waals surface area (Å²) in [5.74, 6) is -4.31. The van der Waals surface area contributed by atoms with Crippen LogP contribution in [0.3, 0.4) is 0 Å². The summed E-state index contributed by atoms with van der Waals surface area (Å²) in [5.41, 5.74) is 0. The van der Waals surface area contributed by atoms with Crippen molar-refractivity contribution < 1.29 is 81.6 Å². The summed E-state index contributed by atoms with van der Waals surface area (Å²) in [6, 6.07) is 0. The first-order valence-electron chi connectivity index (χ1n) is 12.0. The molecule has 2 fully saturated rings. The molecule has 0 bridgehead atoms. The summed E-state index contributed by atoms with van der Waals surface area (Å²) in [7, 11) is 0. The normalized spacial score (nSPS) is 33.6. The van der Waals surface area contributed by atoms with Gasteiger partial charge in [-0.1, -0.05) is 0 Å². The zero-order valence-corrected chi connectivity index (χ0v) is 22.3. The topological polar surface area (TPSA) is 226 Å². The van der Waals surface area contributed by atoms with Crippen molar-refractivity contribution in [3.63, 3.8) is 0 Å². The van der Waals surface area contributed by atoms with Crippen LogP contribution >= 0.6 is 0 Å². The largest absolute Gasteiger partial charge is 0.463 e. The molecule has 17 heteroatoms. The molecule has 0 aromatic carbocycles. The van der Waals surface area contributed by atoms with Gasteiger partial charge < -0.3 is 52.8 Å². The number of ether oxygens (including phenoxy) is 9. The van der Waals surface area contributed by atoms with Gasteiger partial charge in [-0.2, -0.15) is 0 Å². The third-order valence-corrected chi connectivity index (χ3v) is 5.53. The van der Waals surface area contributed by atoms with Crippen LogP contribution in [0.4, 0.5) is 0 Å². The molecule has 0 aliphatic carbocycles. The molecular weight excluding hydrogens is 548 g/mol. The summed E-state index contributed by atoms with van der Waals surface area (Å²) in [4.78, 5) is 70.4. The van der Waals surface area contributed by atoms with Gasteiger partial charge in [0.2, 0.25) is 6.29 Å².